The molecule has 10 heteroatoms. The number of hydrogen-bond donors (Lipinski definition) is 3. The Bertz CT molecular complexity index is 737. The molecule has 2 amide bonds. The van der Waals surface area contributed by atoms with Gasteiger partial charge in [0.2, 0.25) is 11.8 Å². The lowest BCUT2D eigenvalue weighted by molar-refractivity contribution is -0.149. The summed E-state index contributed by atoms with van der Waals surface area (Å²) < 4.78 is 16.5. The predicted molar refractivity (Wildman–Crippen MR) is 99.3 cm³/mol. The Kier molecular flexibility index (Phi) is 5.13. The van der Waals surface area contributed by atoms with Crippen LogP contribution in [-0.4, -0.2) is 56.7 Å². The molecule has 2 fully saturated rings. The standard InChI is InChI=1S/C16H24N3O5PS/c1-16(2)15(25(22,23)24-3)19-13(21)11(14(19)26-16)18-12(20)10(17)9-7-5-4-6-8-9/h4-5,8,10-11,14-15H,6-7,17H2,1-3H3,(H,18,20)(H,22,23)/t10?,11?,14-,15?/m0/s1. The molecule has 0 radical (unpaired) electrons. The van der Waals surface area contributed by atoms with Crippen LogP contribution in [0, 0.1) is 0 Å². The van der Waals surface area contributed by atoms with Crippen molar-refractivity contribution in [2.75, 3.05) is 7.11 Å². The average Bonchev–Trinajstić information content (AvgIpc) is 2.88. The summed E-state index contributed by atoms with van der Waals surface area (Å²) >= 11 is 1.38. The van der Waals surface area contributed by atoms with Gasteiger partial charge in [0.15, 0.2) is 0 Å². The second kappa shape index (κ2) is 6.80. The maximum Gasteiger partial charge on any atom is 0.351 e. The van der Waals surface area contributed by atoms with Crippen LogP contribution >= 0.6 is 19.4 Å². The maximum atomic E-state index is 12.6. The number of thioether (sulfide) groups is 1. The van der Waals surface area contributed by atoms with Gasteiger partial charge in [0.25, 0.3) is 0 Å². The Morgan fingerprint density at radius 3 is 2.81 bits per heavy atom. The number of nitrogens with one attached hydrogen (secondary N) is 1. The van der Waals surface area contributed by atoms with Crippen molar-refractivity contribution in [1.29, 1.82) is 0 Å². The molecule has 8 nitrogen and oxygen atoms in total. The number of fused-ring (bicyclic) bond motifs is 1. The van der Waals surface area contributed by atoms with Gasteiger partial charge in [-0.1, -0.05) is 18.2 Å². The number of rotatable bonds is 5. The van der Waals surface area contributed by atoms with Crippen LogP contribution in [0.25, 0.3) is 0 Å². The van der Waals surface area contributed by atoms with Crippen LogP contribution in [0.2, 0.25) is 0 Å². The van der Waals surface area contributed by atoms with Gasteiger partial charge < -0.3 is 25.4 Å². The molecule has 4 N–H and O–H groups in total. The second-order valence-corrected chi connectivity index (χ2v) is 10.9. The number of nitrogens with zero attached hydrogens (tertiary/aromatic N) is 1. The number of allylic oxidation sites excluding steroid dienone is 3. The van der Waals surface area contributed by atoms with Crippen LogP contribution in [0.3, 0.4) is 0 Å². The van der Waals surface area contributed by atoms with E-state index in [1.165, 1.54) is 16.7 Å². The Balaban J connectivity index is 1.71. The molecular formula is C16H24N3O5PS. The summed E-state index contributed by atoms with van der Waals surface area (Å²) in [6, 6.07) is -1.56. The first-order chi connectivity index (χ1) is 12.1. The van der Waals surface area contributed by atoms with Gasteiger partial charge in [0.1, 0.15) is 23.2 Å². The fourth-order valence-electron chi connectivity index (χ4n) is 3.64. The lowest BCUT2D eigenvalue weighted by Crippen LogP contribution is -2.70. The summed E-state index contributed by atoms with van der Waals surface area (Å²) in [7, 11) is -2.84. The first-order valence-electron chi connectivity index (χ1n) is 8.38. The zero-order valence-corrected chi connectivity index (χ0v) is 16.6. The van der Waals surface area contributed by atoms with Crippen molar-refractivity contribution in [2.24, 2.45) is 5.73 Å². The molecule has 2 heterocycles. The van der Waals surface area contributed by atoms with E-state index in [0.717, 1.165) is 19.1 Å². The molecule has 0 aromatic carbocycles. The van der Waals surface area contributed by atoms with E-state index in [1.807, 2.05) is 18.2 Å². The number of nitrogens with two attached hydrogens (primary N) is 1. The normalized spacial score (nSPS) is 33.0. The van der Waals surface area contributed by atoms with Crippen molar-refractivity contribution in [3.63, 3.8) is 0 Å². The van der Waals surface area contributed by atoms with E-state index in [1.54, 1.807) is 13.8 Å². The van der Waals surface area contributed by atoms with Crippen molar-refractivity contribution in [2.45, 2.75) is 54.7 Å². The molecule has 0 spiro atoms. The molecule has 4 unspecified atom stereocenters. The van der Waals surface area contributed by atoms with E-state index >= 15 is 0 Å². The molecule has 2 aliphatic heterocycles. The highest BCUT2D eigenvalue weighted by Gasteiger charge is 2.67. The van der Waals surface area contributed by atoms with E-state index < -0.39 is 41.5 Å². The van der Waals surface area contributed by atoms with Crippen LogP contribution < -0.4 is 11.1 Å². The predicted octanol–water partition coefficient (Wildman–Crippen LogP) is 0.927. The lowest BCUT2D eigenvalue weighted by Gasteiger charge is -2.45. The second-order valence-electron chi connectivity index (χ2n) is 7.13. The third-order valence-corrected chi connectivity index (χ3v) is 8.76. The third kappa shape index (κ3) is 3.16. The molecule has 0 aromatic heterocycles. The Morgan fingerprint density at radius 1 is 1.54 bits per heavy atom. The molecule has 0 bridgehead atoms. The first kappa shape index (κ1) is 19.6. The van der Waals surface area contributed by atoms with Gasteiger partial charge in [-0.05, 0) is 32.3 Å². The van der Waals surface area contributed by atoms with E-state index in [2.05, 4.69) is 5.32 Å². The summed E-state index contributed by atoms with van der Waals surface area (Å²) in [6.45, 7) is 3.58. The van der Waals surface area contributed by atoms with Gasteiger partial charge in [0.05, 0.1) is 0 Å². The summed E-state index contributed by atoms with van der Waals surface area (Å²) in [6.07, 6.45) is 7.24. The van der Waals surface area contributed by atoms with Gasteiger partial charge in [-0.25, -0.2) is 0 Å². The van der Waals surface area contributed by atoms with Gasteiger partial charge in [-0.3, -0.25) is 14.2 Å². The highest BCUT2D eigenvalue weighted by Crippen LogP contribution is 2.64. The summed E-state index contributed by atoms with van der Waals surface area (Å²) in [5, 5.41) is 2.30. The van der Waals surface area contributed by atoms with Crippen LogP contribution in [0.4, 0.5) is 0 Å². The molecular weight excluding hydrogens is 377 g/mol. The fourth-order valence-corrected chi connectivity index (χ4v) is 7.39. The van der Waals surface area contributed by atoms with Gasteiger partial charge in [-0.15, -0.1) is 11.8 Å². The minimum Gasteiger partial charge on any atom is -0.340 e. The number of carbonyl (C=O) groups excluding carboxylic acids is 2. The lowest BCUT2D eigenvalue weighted by atomic mass is 9.97. The van der Waals surface area contributed by atoms with Crippen LogP contribution in [0.15, 0.2) is 23.8 Å². The average molecular weight is 401 g/mol. The molecule has 1 aliphatic carbocycles. The van der Waals surface area contributed by atoms with Crippen molar-refractivity contribution in [3.8, 4) is 0 Å². The van der Waals surface area contributed by atoms with Crippen LogP contribution in [-0.2, 0) is 18.7 Å². The SMILES string of the molecule is COP(=O)(O)C1N2C(=O)C(NC(=O)C(N)C3=CCC=CC3)[C@@H]2SC1(C)C. The van der Waals surface area contributed by atoms with Crippen molar-refractivity contribution in [1.82, 2.24) is 10.2 Å². The van der Waals surface area contributed by atoms with Crippen molar-refractivity contribution in [3.05, 3.63) is 23.8 Å². The molecule has 0 saturated carbocycles. The van der Waals surface area contributed by atoms with Crippen LogP contribution in [0.1, 0.15) is 26.7 Å². The van der Waals surface area contributed by atoms with E-state index in [4.69, 9.17) is 10.3 Å². The maximum absolute atomic E-state index is 12.6. The molecule has 5 atom stereocenters. The van der Waals surface area contributed by atoms with Crippen molar-refractivity contribution < 1.29 is 23.6 Å². The molecule has 2 saturated heterocycles. The molecule has 0 aromatic rings. The van der Waals surface area contributed by atoms with Crippen molar-refractivity contribution >= 4 is 31.2 Å². The minimum atomic E-state index is -3.99. The monoisotopic (exact) mass is 401 g/mol. The zero-order valence-electron chi connectivity index (χ0n) is 14.9. The van der Waals surface area contributed by atoms with E-state index in [0.29, 0.717) is 6.42 Å². The number of amides is 2. The number of carbonyl (C=O) groups is 2. The molecule has 3 aliphatic rings. The summed E-state index contributed by atoms with van der Waals surface area (Å²) in [5.74, 6) is -1.75. The number of hydrogen-bond acceptors (Lipinski definition) is 6. The third-order valence-electron chi connectivity index (χ3n) is 4.98. The Hall–Kier alpha value is -1.12. The minimum absolute atomic E-state index is 0.387. The highest BCUT2D eigenvalue weighted by atomic mass is 32.2. The van der Waals surface area contributed by atoms with Gasteiger partial charge in [0, 0.05) is 11.9 Å². The topological polar surface area (TPSA) is 122 Å². The largest absolute Gasteiger partial charge is 0.351 e. The zero-order chi connectivity index (χ0) is 19.3. The molecule has 144 valence electrons. The van der Waals surface area contributed by atoms with E-state index in [9.17, 15) is 19.0 Å². The fraction of sp³-hybridized carbons (Fsp3) is 0.625. The molecule has 26 heavy (non-hydrogen) atoms. The highest BCUT2D eigenvalue weighted by molar-refractivity contribution is 8.02. The Morgan fingerprint density at radius 2 is 2.23 bits per heavy atom. The van der Waals surface area contributed by atoms with Gasteiger partial charge >= 0.3 is 7.60 Å². The number of β-lactam (4-membered cyclic amide) rings is 1. The Labute approximate surface area is 156 Å². The van der Waals surface area contributed by atoms with Crippen LogP contribution in [0.5, 0.6) is 0 Å². The smallest absolute Gasteiger partial charge is 0.340 e. The van der Waals surface area contributed by atoms with Gasteiger partial charge in [-0.2, -0.15) is 0 Å². The summed E-state index contributed by atoms with van der Waals surface area (Å²) in [4.78, 5) is 36.5. The van der Waals surface area contributed by atoms with E-state index in [-0.39, 0.29) is 5.91 Å². The molecule has 3 rings (SSSR count). The summed E-state index contributed by atoms with van der Waals surface area (Å²) in [5.41, 5.74) is 6.85. The first-order valence-corrected chi connectivity index (χ1v) is 10.9. The quantitative estimate of drug-likeness (QED) is 0.356.